The van der Waals surface area contributed by atoms with Crippen LogP contribution in [0.4, 0.5) is 10.1 Å². The lowest BCUT2D eigenvalue weighted by atomic mass is 9.84. The lowest BCUT2D eigenvalue weighted by Crippen LogP contribution is -2.39. The third-order valence-corrected chi connectivity index (χ3v) is 3.02. The fraction of sp³-hybridized carbons (Fsp3) is 0.417. The maximum absolute atomic E-state index is 13.8. The maximum atomic E-state index is 13.8. The summed E-state index contributed by atoms with van der Waals surface area (Å²) in [5.74, 6) is -1.28. The number of esters is 1. The van der Waals surface area contributed by atoms with E-state index in [0.717, 1.165) is 18.2 Å². The summed E-state index contributed by atoms with van der Waals surface area (Å²) in [5, 5.41) is 10.7. The highest BCUT2D eigenvalue weighted by atomic mass is 19.1. The fourth-order valence-corrected chi connectivity index (χ4v) is 1.75. The van der Waals surface area contributed by atoms with Gasteiger partial charge in [-0.3, -0.25) is 14.9 Å². The molecular formula is C12H15FN2O4. The summed E-state index contributed by atoms with van der Waals surface area (Å²) in [6.45, 7) is 1.67. The smallest absolute Gasteiger partial charge is 0.307 e. The molecule has 0 aliphatic heterocycles. The number of nitrogens with two attached hydrogens (primary N) is 1. The zero-order chi connectivity index (χ0) is 14.6. The number of benzene rings is 1. The molecule has 0 unspecified atom stereocenters. The van der Waals surface area contributed by atoms with E-state index in [9.17, 15) is 19.3 Å². The van der Waals surface area contributed by atoms with Crippen LogP contribution in [0, 0.1) is 15.9 Å². The Morgan fingerprint density at radius 2 is 2.21 bits per heavy atom. The molecule has 104 valence electrons. The van der Waals surface area contributed by atoms with Gasteiger partial charge in [0.25, 0.3) is 5.69 Å². The van der Waals surface area contributed by atoms with Crippen LogP contribution in [0.3, 0.4) is 0 Å². The number of methoxy groups -OCH3 is 1. The number of hydrogen-bond acceptors (Lipinski definition) is 5. The third kappa shape index (κ3) is 3.25. The number of ether oxygens (including phenoxy) is 1. The second-order valence-corrected chi connectivity index (χ2v) is 4.18. The molecule has 0 bridgehead atoms. The normalized spacial score (nSPS) is 13.7. The van der Waals surface area contributed by atoms with Gasteiger partial charge in [-0.05, 0) is 12.5 Å². The molecule has 0 radical (unpaired) electrons. The Bertz CT molecular complexity index is 507. The minimum atomic E-state index is -1.33. The van der Waals surface area contributed by atoms with Crippen LogP contribution >= 0.6 is 0 Å². The Balaban J connectivity index is 3.26. The molecular weight excluding hydrogens is 255 g/mol. The van der Waals surface area contributed by atoms with Crippen molar-refractivity contribution in [2.75, 3.05) is 7.11 Å². The number of non-ortho nitro benzene ring substituents is 1. The van der Waals surface area contributed by atoms with Crippen molar-refractivity contribution in [2.24, 2.45) is 5.73 Å². The van der Waals surface area contributed by atoms with Gasteiger partial charge in [0.15, 0.2) is 0 Å². The molecule has 0 spiro atoms. The van der Waals surface area contributed by atoms with Crippen LogP contribution in [0.15, 0.2) is 18.2 Å². The summed E-state index contributed by atoms with van der Waals surface area (Å²) >= 11 is 0. The van der Waals surface area contributed by atoms with Crippen molar-refractivity contribution in [1.82, 2.24) is 0 Å². The third-order valence-electron chi connectivity index (χ3n) is 3.02. The Labute approximate surface area is 109 Å². The lowest BCUT2D eigenvalue weighted by molar-refractivity contribution is -0.385. The Morgan fingerprint density at radius 3 is 2.68 bits per heavy atom. The molecule has 0 fully saturated rings. The average molecular weight is 270 g/mol. The Morgan fingerprint density at radius 1 is 1.58 bits per heavy atom. The van der Waals surface area contributed by atoms with Gasteiger partial charge in [0.05, 0.1) is 24.0 Å². The number of rotatable bonds is 5. The summed E-state index contributed by atoms with van der Waals surface area (Å²) in [6.07, 6.45) is -0.0156. The molecule has 1 aromatic carbocycles. The lowest BCUT2D eigenvalue weighted by Gasteiger charge is -2.27. The molecule has 0 aromatic heterocycles. The molecule has 1 rings (SSSR count). The highest BCUT2D eigenvalue weighted by molar-refractivity contribution is 5.71. The second kappa shape index (κ2) is 5.75. The van der Waals surface area contributed by atoms with Crippen LogP contribution in [0.1, 0.15) is 25.3 Å². The van der Waals surface area contributed by atoms with E-state index in [1.807, 2.05) is 0 Å². The van der Waals surface area contributed by atoms with E-state index in [2.05, 4.69) is 4.74 Å². The van der Waals surface area contributed by atoms with Gasteiger partial charge in [0, 0.05) is 17.7 Å². The minimum absolute atomic E-state index is 0.0606. The topological polar surface area (TPSA) is 95.5 Å². The number of halogens is 1. The summed E-state index contributed by atoms with van der Waals surface area (Å²) in [7, 11) is 1.20. The van der Waals surface area contributed by atoms with Gasteiger partial charge in [-0.1, -0.05) is 6.92 Å². The molecule has 0 saturated heterocycles. The number of hydrogen-bond donors (Lipinski definition) is 1. The molecule has 7 heteroatoms. The van der Waals surface area contributed by atoms with E-state index in [1.54, 1.807) is 6.92 Å². The van der Waals surface area contributed by atoms with Crippen molar-refractivity contribution >= 4 is 11.7 Å². The molecule has 0 heterocycles. The monoisotopic (exact) mass is 270 g/mol. The first-order valence-electron chi connectivity index (χ1n) is 5.64. The number of nitrogens with zero attached hydrogens (tertiary/aromatic N) is 1. The zero-order valence-electron chi connectivity index (χ0n) is 10.7. The molecule has 0 saturated carbocycles. The second-order valence-electron chi connectivity index (χ2n) is 4.18. The number of nitro groups is 1. The van der Waals surface area contributed by atoms with Crippen molar-refractivity contribution in [3.05, 3.63) is 39.7 Å². The SMILES string of the molecule is CC[C@](N)(CC(=O)OC)c1cc([N+](=O)[O-])ccc1F. The highest BCUT2D eigenvalue weighted by Gasteiger charge is 2.33. The maximum Gasteiger partial charge on any atom is 0.307 e. The molecule has 0 aliphatic rings. The minimum Gasteiger partial charge on any atom is -0.469 e. The predicted octanol–water partition coefficient (Wildman–Crippen LogP) is 1.86. The molecule has 0 amide bonds. The first-order valence-corrected chi connectivity index (χ1v) is 5.64. The van der Waals surface area contributed by atoms with Gasteiger partial charge in [-0.25, -0.2) is 4.39 Å². The van der Waals surface area contributed by atoms with Crippen LogP contribution in [0.5, 0.6) is 0 Å². The molecule has 6 nitrogen and oxygen atoms in total. The van der Waals surface area contributed by atoms with Crippen molar-refractivity contribution in [3.63, 3.8) is 0 Å². The molecule has 1 atom stereocenters. The van der Waals surface area contributed by atoms with Gasteiger partial charge >= 0.3 is 5.97 Å². The standard InChI is InChI=1S/C12H15FN2O4/c1-3-12(14,7-11(16)19-2)9-6-8(15(17)18)4-5-10(9)13/h4-6H,3,7,14H2,1-2H3/t12-/m0/s1. The largest absolute Gasteiger partial charge is 0.469 e. The van der Waals surface area contributed by atoms with Crippen LogP contribution < -0.4 is 5.73 Å². The van der Waals surface area contributed by atoms with Gasteiger partial charge in [0.1, 0.15) is 5.82 Å². The van der Waals surface area contributed by atoms with Crippen molar-refractivity contribution in [3.8, 4) is 0 Å². The van der Waals surface area contributed by atoms with Crippen molar-refractivity contribution in [1.29, 1.82) is 0 Å². The van der Waals surface area contributed by atoms with E-state index >= 15 is 0 Å². The van der Waals surface area contributed by atoms with Crippen LogP contribution in [0.2, 0.25) is 0 Å². The first-order chi connectivity index (χ1) is 8.84. The summed E-state index contributed by atoms with van der Waals surface area (Å²) < 4.78 is 18.3. The highest BCUT2D eigenvalue weighted by Crippen LogP contribution is 2.31. The van der Waals surface area contributed by atoms with E-state index in [0.29, 0.717) is 0 Å². The van der Waals surface area contributed by atoms with E-state index < -0.39 is 22.2 Å². The fourth-order valence-electron chi connectivity index (χ4n) is 1.75. The van der Waals surface area contributed by atoms with Gasteiger partial charge < -0.3 is 10.5 Å². The van der Waals surface area contributed by atoms with Gasteiger partial charge in [-0.2, -0.15) is 0 Å². The molecule has 19 heavy (non-hydrogen) atoms. The van der Waals surface area contributed by atoms with E-state index in [-0.39, 0.29) is 24.1 Å². The Kier molecular flexibility index (Phi) is 4.55. The summed E-state index contributed by atoms with van der Waals surface area (Å²) in [6, 6.07) is 3.08. The Hall–Kier alpha value is -2.02. The van der Waals surface area contributed by atoms with E-state index in [4.69, 9.17) is 5.73 Å². The summed E-state index contributed by atoms with van der Waals surface area (Å²) in [5.41, 5.74) is 4.34. The zero-order valence-corrected chi connectivity index (χ0v) is 10.7. The van der Waals surface area contributed by atoms with Gasteiger partial charge in [-0.15, -0.1) is 0 Å². The van der Waals surface area contributed by atoms with Crippen molar-refractivity contribution < 1.29 is 18.8 Å². The summed E-state index contributed by atoms with van der Waals surface area (Å²) in [4.78, 5) is 21.4. The number of nitro benzene ring substituents is 1. The van der Waals surface area contributed by atoms with Crippen LogP contribution in [-0.4, -0.2) is 18.0 Å². The predicted molar refractivity (Wildman–Crippen MR) is 65.8 cm³/mol. The average Bonchev–Trinajstić information content (AvgIpc) is 2.38. The number of carbonyl (C=O) groups is 1. The van der Waals surface area contributed by atoms with Crippen LogP contribution in [-0.2, 0) is 15.1 Å². The molecule has 1 aromatic rings. The van der Waals surface area contributed by atoms with Crippen LogP contribution in [0.25, 0.3) is 0 Å². The van der Waals surface area contributed by atoms with E-state index in [1.165, 1.54) is 7.11 Å². The molecule has 2 N–H and O–H groups in total. The van der Waals surface area contributed by atoms with Crippen molar-refractivity contribution in [2.45, 2.75) is 25.3 Å². The molecule has 0 aliphatic carbocycles. The number of carbonyl (C=O) groups excluding carboxylic acids is 1. The van der Waals surface area contributed by atoms with Gasteiger partial charge in [0.2, 0.25) is 0 Å². The first kappa shape index (κ1) is 15.0. The quantitative estimate of drug-likeness (QED) is 0.500.